The van der Waals surface area contributed by atoms with Crippen molar-refractivity contribution in [3.63, 3.8) is 0 Å². The van der Waals surface area contributed by atoms with E-state index < -0.39 is 12.0 Å². The quantitative estimate of drug-likeness (QED) is 0.555. The van der Waals surface area contributed by atoms with Crippen molar-refractivity contribution in [2.45, 2.75) is 57.4 Å². The second-order valence-electron chi connectivity index (χ2n) is 7.87. The van der Waals surface area contributed by atoms with E-state index in [4.69, 9.17) is 15.8 Å². The number of carbonyl (C=O) groups is 2. The van der Waals surface area contributed by atoms with Crippen molar-refractivity contribution in [1.29, 1.82) is 0 Å². The highest BCUT2D eigenvalue weighted by atomic mass is 16.4. The Kier molecular flexibility index (Phi) is 8.86. The van der Waals surface area contributed by atoms with Crippen LogP contribution in [0.25, 0.3) is 0 Å². The van der Waals surface area contributed by atoms with Crippen LogP contribution in [0.1, 0.15) is 49.1 Å². The van der Waals surface area contributed by atoms with Crippen molar-refractivity contribution in [2.75, 3.05) is 33.7 Å². The molecule has 1 aromatic rings. The van der Waals surface area contributed by atoms with Gasteiger partial charge >= 0.3 is 5.97 Å². The Morgan fingerprint density at radius 3 is 2.64 bits per heavy atom. The van der Waals surface area contributed by atoms with Gasteiger partial charge in [0.2, 0.25) is 5.91 Å². The summed E-state index contributed by atoms with van der Waals surface area (Å²) in [6, 6.07) is 3.48. The molecular formula is C21H34N4O3. The van der Waals surface area contributed by atoms with E-state index in [9.17, 15) is 9.59 Å². The van der Waals surface area contributed by atoms with Gasteiger partial charge in [0, 0.05) is 32.0 Å². The van der Waals surface area contributed by atoms with Crippen molar-refractivity contribution >= 4 is 11.9 Å². The monoisotopic (exact) mass is 390 g/mol. The number of aliphatic carboxylic acids is 1. The molecule has 7 heteroatoms. The molecule has 1 aromatic heterocycles. The molecule has 2 rings (SSSR count). The predicted octanol–water partition coefficient (Wildman–Crippen LogP) is 1.48. The number of pyridine rings is 1. The number of carboxylic acid groups (broad SMARTS) is 1. The van der Waals surface area contributed by atoms with Gasteiger partial charge < -0.3 is 15.7 Å². The summed E-state index contributed by atoms with van der Waals surface area (Å²) >= 11 is 0. The van der Waals surface area contributed by atoms with Crippen molar-refractivity contribution in [1.82, 2.24) is 14.8 Å². The van der Waals surface area contributed by atoms with Crippen molar-refractivity contribution in [3.8, 4) is 0 Å². The van der Waals surface area contributed by atoms with Gasteiger partial charge in [-0.1, -0.05) is 6.07 Å². The Morgan fingerprint density at radius 2 is 1.93 bits per heavy atom. The molecule has 0 spiro atoms. The van der Waals surface area contributed by atoms with E-state index in [0.717, 1.165) is 44.3 Å². The first-order valence-electron chi connectivity index (χ1n) is 10.3. The number of hydrogen-bond acceptors (Lipinski definition) is 5. The van der Waals surface area contributed by atoms with Crippen LogP contribution in [-0.4, -0.2) is 71.5 Å². The van der Waals surface area contributed by atoms with Gasteiger partial charge in [-0.15, -0.1) is 0 Å². The summed E-state index contributed by atoms with van der Waals surface area (Å²) in [6.45, 7) is 1.54. The smallest absolute Gasteiger partial charge is 0.320 e. The second kappa shape index (κ2) is 11.1. The van der Waals surface area contributed by atoms with E-state index in [2.05, 4.69) is 12.1 Å². The summed E-state index contributed by atoms with van der Waals surface area (Å²) in [5.74, 6) is -0.988. The third kappa shape index (κ3) is 7.20. The highest BCUT2D eigenvalue weighted by Gasteiger charge is 2.17. The average molecular weight is 391 g/mol. The number of aromatic nitrogens is 1. The van der Waals surface area contributed by atoms with Gasteiger partial charge in [0.15, 0.2) is 0 Å². The Hall–Kier alpha value is -1.99. The molecule has 1 atom stereocenters. The molecule has 1 heterocycles. The van der Waals surface area contributed by atoms with Crippen LogP contribution in [0.15, 0.2) is 12.1 Å². The van der Waals surface area contributed by atoms with Crippen LogP contribution < -0.4 is 5.73 Å². The number of unbranched alkanes of at least 4 members (excludes halogenated alkanes) is 1. The first-order chi connectivity index (χ1) is 13.4. The van der Waals surface area contributed by atoms with E-state index in [-0.39, 0.29) is 12.5 Å². The number of carbonyl (C=O) groups excluding carboxylic acids is 1. The lowest BCUT2D eigenvalue weighted by Gasteiger charge is -2.24. The zero-order chi connectivity index (χ0) is 20.5. The molecule has 156 valence electrons. The number of amides is 1. The Balaban J connectivity index is 1.80. The average Bonchev–Trinajstić information content (AvgIpc) is 2.68. The van der Waals surface area contributed by atoms with Crippen LogP contribution >= 0.6 is 0 Å². The van der Waals surface area contributed by atoms with Crippen molar-refractivity contribution in [3.05, 3.63) is 29.1 Å². The van der Waals surface area contributed by atoms with Crippen LogP contribution in [-0.2, 0) is 28.9 Å². The summed E-state index contributed by atoms with van der Waals surface area (Å²) in [7, 11) is 3.45. The van der Waals surface area contributed by atoms with Gasteiger partial charge in [-0.25, -0.2) is 0 Å². The fraction of sp³-hybridized carbons (Fsp3) is 0.667. The Labute approximate surface area is 167 Å². The van der Waals surface area contributed by atoms with Crippen LogP contribution in [0.4, 0.5) is 0 Å². The number of fused-ring (bicyclic) bond motifs is 1. The fourth-order valence-electron chi connectivity index (χ4n) is 3.46. The lowest BCUT2D eigenvalue weighted by atomic mass is 9.95. The van der Waals surface area contributed by atoms with Gasteiger partial charge in [0.1, 0.15) is 6.04 Å². The number of nitrogens with zero attached hydrogens (tertiary/aromatic N) is 3. The Morgan fingerprint density at radius 1 is 1.18 bits per heavy atom. The van der Waals surface area contributed by atoms with Gasteiger partial charge in [-0.2, -0.15) is 0 Å². The van der Waals surface area contributed by atoms with Crippen LogP contribution in [0.5, 0.6) is 0 Å². The van der Waals surface area contributed by atoms with Crippen molar-refractivity contribution in [2.24, 2.45) is 5.73 Å². The maximum atomic E-state index is 12.0. The number of hydrogen-bond donors (Lipinski definition) is 2. The van der Waals surface area contributed by atoms with Crippen LogP contribution in [0.2, 0.25) is 0 Å². The minimum Gasteiger partial charge on any atom is -0.480 e. The minimum absolute atomic E-state index is 0.0141. The van der Waals surface area contributed by atoms with E-state index in [0.29, 0.717) is 13.0 Å². The topological polar surface area (TPSA) is 99.8 Å². The van der Waals surface area contributed by atoms with Crippen LogP contribution in [0, 0.1) is 0 Å². The summed E-state index contributed by atoms with van der Waals surface area (Å²) in [6.07, 6.45) is 7.92. The van der Waals surface area contributed by atoms with Gasteiger partial charge in [-0.3, -0.25) is 19.5 Å². The molecule has 0 unspecified atom stereocenters. The molecule has 0 radical (unpaired) electrons. The molecule has 0 saturated heterocycles. The summed E-state index contributed by atoms with van der Waals surface area (Å²) in [5.41, 5.74) is 9.42. The number of likely N-dealkylation sites (N-methyl/N-ethyl adjacent to an activating group) is 1. The maximum Gasteiger partial charge on any atom is 0.320 e. The molecule has 28 heavy (non-hydrogen) atoms. The molecule has 1 amide bonds. The second-order valence-corrected chi connectivity index (χ2v) is 7.87. The van der Waals surface area contributed by atoms with Gasteiger partial charge in [0.25, 0.3) is 0 Å². The molecule has 1 aliphatic rings. The lowest BCUT2D eigenvalue weighted by molar-refractivity contribution is -0.138. The van der Waals surface area contributed by atoms with Gasteiger partial charge in [-0.05, 0) is 69.5 Å². The Bertz CT molecular complexity index is 663. The number of rotatable bonds is 11. The van der Waals surface area contributed by atoms with E-state index in [1.807, 2.05) is 4.90 Å². The molecule has 1 aliphatic carbocycles. The third-order valence-corrected chi connectivity index (χ3v) is 5.32. The predicted molar refractivity (Wildman–Crippen MR) is 109 cm³/mol. The minimum atomic E-state index is -1.00. The van der Waals surface area contributed by atoms with Crippen molar-refractivity contribution < 1.29 is 14.7 Å². The molecular weight excluding hydrogens is 356 g/mol. The normalized spacial score (nSPS) is 14.6. The number of carboxylic acids is 1. The van der Waals surface area contributed by atoms with E-state index in [1.165, 1.54) is 24.1 Å². The third-order valence-electron chi connectivity index (χ3n) is 5.32. The maximum absolute atomic E-state index is 12.0. The fourth-order valence-corrected chi connectivity index (χ4v) is 3.46. The summed E-state index contributed by atoms with van der Waals surface area (Å²) in [4.78, 5) is 31.4. The SMILES string of the molecule is CN(C)C(=O)CN(CCCCc1ccc2c(n1)CCCC2)CC[C@H](N)C(=O)O. The molecule has 0 aliphatic heterocycles. The number of aryl methyl sites for hydroxylation is 3. The summed E-state index contributed by atoms with van der Waals surface area (Å²) < 4.78 is 0. The molecule has 7 nitrogen and oxygen atoms in total. The first kappa shape index (κ1) is 22.3. The highest BCUT2D eigenvalue weighted by Crippen LogP contribution is 2.20. The molecule has 0 aromatic carbocycles. The molecule has 0 fully saturated rings. The summed E-state index contributed by atoms with van der Waals surface area (Å²) in [5, 5.41) is 8.96. The molecule has 3 N–H and O–H groups in total. The molecule has 0 bridgehead atoms. The number of nitrogens with two attached hydrogens (primary N) is 1. The lowest BCUT2D eigenvalue weighted by Crippen LogP contribution is -2.40. The highest BCUT2D eigenvalue weighted by molar-refractivity contribution is 5.77. The first-order valence-corrected chi connectivity index (χ1v) is 10.3. The molecule has 0 saturated carbocycles. The standard InChI is InChI=1S/C21H34N4O3/c1-24(2)20(26)15-25(14-12-18(22)21(27)28)13-6-5-8-17-11-10-16-7-3-4-9-19(16)23-17/h10-11,18H,3-9,12-15,22H2,1-2H3,(H,27,28)/t18-/m0/s1. The zero-order valence-electron chi connectivity index (χ0n) is 17.2. The van der Waals surface area contributed by atoms with Gasteiger partial charge in [0.05, 0.1) is 6.54 Å². The largest absolute Gasteiger partial charge is 0.480 e. The van der Waals surface area contributed by atoms with E-state index >= 15 is 0 Å². The zero-order valence-corrected chi connectivity index (χ0v) is 17.2. The van der Waals surface area contributed by atoms with E-state index in [1.54, 1.807) is 19.0 Å². The van der Waals surface area contributed by atoms with Crippen LogP contribution in [0.3, 0.4) is 0 Å².